The van der Waals surface area contributed by atoms with Gasteiger partial charge in [0.15, 0.2) is 11.5 Å². The molecule has 2 heterocycles. The van der Waals surface area contributed by atoms with Gasteiger partial charge in [0.25, 0.3) is 0 Å². The third-order valence-corrected chi connectivity index (χ3v) is 3.51. The SMILES string of the molecule is C[C@@H](N)C(=O)OCCCNc1nc2cc(F)ccc2n2ccnc12. The third-order valence-electron chi connectivity index (χ3n) is 3.51. The van der Waals surface area contributed by atoms with Gasteiger partial charge in [-0.05, 0) is 25.5 Å². The molecule has 7 nitrogen and oxygen atoms in total. The number of anilines is 1. The molecule has 0 aliphatic carbocycles. The van der Waals surface area contributed by atoms with Crippen LogP contribution in [0.25, 0.3) is 16.7 Å². The Balaban J connectivity index is 1.72. The van der Waals surface area contributed by atoms with Gasteiger partial charge in [-0.3, -0.25) is 9.20 Å². The molecule has 0 saturated carbocycles. The largest absolute Gasteiger partial charge is 0.464 e. The van der Waals surface area contributed by atoms with Crippen molar-refractivity contribution in [2.45, 2.75) is 19.4 Å². The fraction of sp³-hybridized carbons (Fsp3) is 0.312. The predicted molar refractivity (Wildman–Crippen MR) is 88.2 cm³/mol. The Morgan fingerprint density at radius 2 is 2.33 bits per heavy atom. The molecule has 126 valence electrons. The van der Waals surface area contributed by atoms with Crippen LogP contribution >= 0.6 is 0 Å². The Morgan fingerprint density at radius 3 is 3.12 bits per heavy atom. The normalized spacial score (nSPS) is 12.5. The molecule has 0 unspecified atom stereocenters. The lowest BCUT2D eigenvalue weighted by Gasteiger charge is -2.10. The molecule has 0 saturated heterocycles. The van der Waals surface area contributed by atoms with E-state index in [2.05, 4.69) is 15.3 Å². The van der Waals surface area contributed by atoms with Gasteiger partial charge >= 0.3 is 5.97 Å². The first-order valence-corrected chi connectivity index (χ1v) is 7.64. The van der Waals surface area contributed by atoms with Crippen LogP contribution in [-0.2, 0) is 9.53 Å². The van der Waals surface area contributed by atoms with Crippen molar-refractivity contribution in [2.24, 2.45) is 5.73 Å². The molecule has 0 fully saturated rings. The number of benzene rings is 1. The van der Waals surface area contributed by atoms with Gasteiger partial charge in [-0.2, -0.15) is 0 Å². The molecule has 24 heavy (non-hydrogen) atoms. The number of hydrogen-bond donors (Lipinski definition) is 2. The highest BCUT2D eigenvalue weighted by Gasteiger charge is 2.10. The molecule has 0 bridgehead atoms. The summed E-state index contributed by atoms with van der Waals surface area (Å²) in [7, 11) is 0. The first kappa shape index (κ1) is 16.1. The van der Waals surface area contributed by atoms with E-state index in [0.29, 0.717) is 29.9 Å². The van der Waals surface area contributed by atoms with Crippen LogP contribution in [0.3, 0.4) is 0 Å². The van der Waals surface area contributed by atoms with Gasteiger partial charge in [-0.1, -0.05) is 0 Å². The Labute approximate surface area is 137 Å². The number of hydrogen-bond acceptors (Lipinski definition) is 6. The minimum atomic E-state index is -0.625. The number of nitrogens with one attached hydrogen (secondary N) is 1. The molecule has 0 spiro atoms. The van der Waals surface area contributed by atoms with Crippen molar-refractivity contribution in [3.8, 4) is 0 Å². The number of aromatic nitrogens is 3. The van der Waals surface area contributed by atoms with Crippen LogP contribution in [0.2, 0.25) is 0 Å². The van der Waals surface area contributed by atoms with Crippen molar-refractivity contribution in [1.82, 2.24) is 14.4 Å². The number of halogens is 1. The summed E-state index contributed by atoms with van der Waals surface area (Å²) >= 11 is 0. The molecule has 3 rings (SSSR count). The number of ether oxygens (including phenoxy) is 1. The average Bonchev–Trinajstić information content (AvgIpc) is 3.03. The summed E-state index contributed by atoms with van der Waals surface area (Å²) in [5.41, 5.74) is 7.38. The number of carbonyl (C=O) groups excluding carboxylic acids is 1. The minimum Gasteiger partial charge on any atom is -0.464 e. The van der Waals surface area contributed by atoms with E-state index in [-0.39, 0.29) is 12.4 Å². The highest BCUT2D eigenvalue weighted by Crippen LogP contribution is 2.21. The number of rotatable bonds is 6. The number of fused-ring (bicyclic) bond motifs is 3. The lowest BCUT2D eigenvalue weighted by Crippen LogP contribution is -2.29. The molecule has 1 atom stereocenters. The van der Waals surface area contributed by atoms with Crippen molar-refractivity contribution in [3.05, 3.63) is 36.4 Å². The molecule has 3 N–H and O–H groups in total. The maximum Gasteiger partial charge on any atom is 0.322 e. The number of nitrogens with zero attached hydrogens (tertiary/aromatic N) is 3. The Bertz CT molecular complexity index is 877. The second kappa shape index (κ2) is 6.79. The third kappa shape index (κ3) is 3.28. The van der Waals surface area contributed by atoms with Crippen molar-refractivity contribution in [1.29, 1.82) is 0 Å². The van der Waals surface area contributed by atoms with Crippen LogP contribution in [0, 0.1) is 5.82 Å². The lowest BCUT2D eigenvalue weighted by molar-refractivity contribution is -0.144. The summed E-state index contributed by atoms with van der Waals surface area (Å²) in [5, 5.41) is 3.15. The lowest BCUT2D eigenvalue weighted by atomic mass is 10.3. The van der Waals surface area contributed by atoms with Gasteiger partial charge in [0.1, 0.15) is 11.9 Å². The van der Waals surface area contributed by atoms with E-state index in [0.717, 1.165) is 5.52 Å². The van der Waals surface area contributed by atoms with Crippen LogP contribution in [0.1, 0.15) is 13.3 Å². The van der Waals surface area contributed by atoms with Gasteiger partial charge < -0.3 is 15.8 Å². The quantitative estimate of drug-likeness (QED) is 0.527. The van der Waals surface area contributed by atoms with Crippen LogP contribution in [-0.4, -0.2) is 39.5 Å². The first-order chi connectivity index (χ1) is 11.6. The number of esters is 1. The molecule has 2 aromatic heterocycles. The summed E-state index contributed by atoms with van der Waals surface area (Å²) in [6, 6.07) is 3.82. The summed E-state index contributed by atoms with van der Waals surface area (Å²) in [6.07, 6.45) is 4.05. The standard InChI is InChI=1S/C16H18FN5O2/c1-10(18)16(23)24-8-2-5-19-14-15-20-6-7-22(15)13-4-3-11(17)9-12(13)21-14/h3-4,6-7,9-10H,2,5,8,18H2,1H3,(H,19,21)/t10-/m1/s1. The van der Waals surface area contributed by atoms with Gasteiger partial charge in [0.2, 0.25) is 0 Å². The molecule has 0 radical (unpaired) electrons. The fourth-order valence-electron chi connectivity index (χ4n) is 2.34. The number of carbonyl (C=O) groups is 1. The minimum absolute atomic E-state index is 0.264. The Hall–Kier alpha value is -2.74. The highest BCUT2D eigenvalue weighted by molar-refractivity contribution is 5.82. The second-order valence-corrected chi connectivity index (χ2v) is 5.45. The molecule has 0 aliphatic rings. The number of nitrogens with two attached hydrogens (primary N) is 1. The summed E-state index contributed by atoms with van der Waals surface area (Å²) < 4.78 is 20.3. The summed E-state index contributed by atoms with van der Waals surface area (Å²) in [5.74, 6) is -0.218. The zero-order valence-corrected chi connectivity index (χ0v) is 13.2. The Morgan fingerprint density at radius 1 is 1.50 bits per heavy atom. The van der Waals surface area contributed by atoms with E-state index in [4.69, 9.17) is 10.5 Å². The van der Waals surface area contributed by atoms with Gasteiger partial charge in [0, 0.05) is 25.0 Å². The second-order valence-electron chi connectivity index (χ2n) is 5.45. The van der Waals surface area contributed by atoms with Gasteiger partial charge in [0.05, 0.1) is 17.6 Å². The predicted octanol–water partition coefficient (Wildman–Crippen LogP) is 1.71. The maximum atomic E-state index is 13.4. The van der Waals surface area contributed by atoms with Crippen molar-refractivity contribution in [2.75, 3.05) is 18.5 Å². The molecule has 1 aromatic carbocycles. The molecule has 0 aliphatic heterocycles. The maximum absolute atomic E-state index is 13.4. The van der Waals surface area contributed by atoms with Crippen LogP contribution in [0.15, 0.2) is 30.6 Å². The molecule has 8 heteroatoms. The summed E-state index contributed by atoms with van der Waals surface area (Å²) in [4.78, 5) is 20.0. The Kier molecular flexibility index (Phi) is 4.57. The van der Waals surface area contributed by atoms with E-state index >= 15 is 0 Å². The van der Waals surface area contributed by atoms with E-state index in [1.165, 1.54) is 12.1 Å². The molecule has 3 aromatic rings. The number of imidazole rings is 1. The topological polar surface area (TPSA) is 94.5 Å². The zero-order chi connectivity index (χ0) is 17.1. The molecule has 0 amide bonds. The van der Waals surface area contributed by atoms with Crippen LogP contribution in [0.5, 0.6) is 0 Å². The summed E-state index contributed by atoms with van der Waals surface area (Å²) in [6.45, 7) is 2.37. The van der Waals surface area contributed by atoms with Gasteiger partial charge in [-0.25, -0.2) is 14.4 Å². The van der Waals surface area contributed by atoms with Crippen LogP contribution in [0.4, 0.5) is 10.2 Å². The fourth-order valence-corrected chi connectivity index (χ4v) is 2.34. The van der Waals surface area contributed by atoms with E-state index in [9.17, 15) is 9.18 Å². The average molecular weight is 331 g/mol. The van der Waals surface area contributed by atoms with Crippen molar-refractivity contribution in [3.63, 3.8) is 0 Å². The molecular weight excluding hydrogens is 313 g/mol. The van der Waals surface area contributed by atoms with Crippen molar-refractivity contribution < 1.29 is 13.9 Å². The molecular formula is C16H18FN5O2. The monoisotopic (exact) mass is 331 g/mol. The van der Waals surface area contributed by atoms with E-state index in [1.807, 2.05) is 4.40 Å². The first-order valence-electron chi connectivity index (χ1n) is 7.64. The van der Waals surface area contributed by atoms with Gasteiger partial charge in [-0.15, -0.1) is 0 Å². The van der Waals surface area contributed by atoms with Crippen LogP contribution < -0.4 is 11.1 Å². The van der Waals surface area contributed by atoms with E-state index in [1.54, 1.807) is 25.4 Å². The highest BCUT2D eigenvalue weighted by atomic mass is 19.1. The van der Waals surface area contributed by atoms with Crippen molar-refractivity contribution >= 4 is 28.5 Å². The van der Waals surface area contributed by atoms with E-state index < -0.39 is 12.0 Å². The smallest absolute Gasteiger partial charge is 0.322 e. The zero-order valence-electron chi connectivity index (χ0n) is 13.2.